The van der Waals surface area contributed by atoms with Crippen LogP contribution in [0.4, 0.5) is 5.69 Å². The van der Waals surface area contributed by atoms with Crippen LogP contribution < -0.4 is 9.62 Å². The number of halogens is 2. The number of nitrogens with one attached hydrogen (secondary N) is 1. The van der Waals surface area contributed by atoms with Crippen molar-refractivity contribution in [2.45, 2.75) is 23.1 Å². The van der Waals surface area contributed by atoms with Gasteiger partial charge in [-0.3, -0.25) is 9.10 Å². The number of hydrogen-bond acceptors (Lipinski definition) is 4. The predicted molar refractivity (Wildman–Crippen MR) is 137 cm³/mol. The Hall–Kier alpha value is -2.19. The van der Waals surface area contributed by atoms with Crippen molar-refractivity contribution >= 4 is 56.6 Å². The minimum atomic E-state index is -3.99. The highest BCUT2D eigenvalue weighted by atomic mass is 35.5. The molecule has 33 heavy (non-hydrogen) atoms. The van der Waals surface area contributed by atoms with Crippen molar-refractivity contribution in [3.8, 4) is 0 Å². The van der Waals surface area contributed by atoms with E-state index in [2.05, 4.69) is 29.6 Å². The van der Waals surface area contributed by atoms with E-state index >= 15 is 0 Å². The van der Waals surface area contributed by atoms with Crippen LogP contribution in [0.5, 0.6) is 0 Å². The number of sulfonamides is 1. The molecule has 0 bridgehead atoms. The highest BCUT2D eigenvalue weighted by molar-refractivity contribution is 7.99. The molecule has 0 aliphatic heterocycles. The Labute approximate surface area is 209 Å². The fourth-order valence-corrected chi connectivity index (χ4v) is 5.56. The van der Waals surface area contributed by atoms with E-state index in [4.69, 9.17) is 23.2 Å². The van der Waals surface area contributed by atoms with E-state index in [1.54, 1.807) is 30.0 Å². The third kappa shape index (κ3) is 7.14. The van der Waals surface area contributed by atoms with Crippen LogP contribution in [0.1, 0.15) is 12.0 Å². The maximum Gasteiger partial charge on any atom is 0.264 e. The smallest absolute Gasteiger partial charge is 0.264 e. The Morgan fingerprint density at radius 1 is 0.970 bits per heavy atom. The number of rotatable bonds is 10. The number of amides is 1. The molecule has 0 radical (unpaired) electrons. The van der Waals surface area contributed by atoms with Crippen molar-refractivity contribution in [1.82, 2.24) is 5.32 Å². The second kappa shape index (κ2) is 11.8. The summed E-state index contributed by atoms with van der Waals surface area (Å²) < 4.78 is 27.6. The highest BCUT2D eigenvalue weighted by Gasteiger charge is 2.27. The Bertz CT molecular complexity index is 1190. The molecular weight excluding hydrogens is 499 g/mol. The van der Waals surface area contributed by atoms with Crippen LogP contribution in [-0.4, -0.2) is 33.2 Å². The molecule has 174 valence electrons. The van der Waals surface area contributed by atoms with Crippen LogP contribution >= 0.6 is 35.0 Å². The average molecular weight is 524 g/mol. The third-order valence-electron chi connectivity index (χ3n) is 4.74. The van der Waals surface area contributed by atoms with Gasteiger partial charge in [0.25, 0.3) is 10.0 Å². The summed E-state index contributed by atoms with van der Waals surface area (Å²) in [6.45, 7) is 2.11. The van der Waals surface area contributed by atoms with Gasteiger partial charge in [-0.1, -0.05) is 59.1 Å². The van der Waals surface area contributed by atoms with Gasteiger partial charge < -0.3 is 5.32 Å². The summed E-state index contributed by atoms with van der Waals surface area (Å²) in [6.07, 6.45) is 0.752. The van der Waals surface area contributed by atoms with Crippen molar-refractivity contribution < 1.29 is 13.2 Å². The Morgan fingerprint density at radius 3 is 2.33 bits per heavy atom. The number of thioether (sulfide) groups is 1. The van der Waals surface area contributed by atoms with Crippen molar-refractivity contribution in [2.24, 2.45) is 0 Å². The molecule has 0 atom stereocenters. The molecule has 0 spiro atoms. The molecule has 3 aromatic carbocycles. The van der Waals surface area contributed by atoms with E-state index in [-0.39, 0.29) is 22.2 Å². The molecule has 5 nitrogen and oxygen atoms in total. The maximum absolute atomic E-state index is 13.3. The van der Waals surface area contributed by atoms with Gasteiger partial charge in [-0.25, -0.2) is 8.42 Å². The fourth-order valence-electron chi connectivity index (χ4n) is 2.99. The molecule has 9 heteroatoms. The van der Waals surface area contributed by atoms with Gasteiger partial charge >= 0.3 is 0 Å². The van der Waals surface area contributed by atoms with Gasteiger partial charge in [-0.05, 0) is 61.6 Å². The number of nitrogens with zero attached hydrogens (tertiary/aromatic N) is 1. The number of anilines is 1. The largest absolute Gasteiger partial charge is 0.354 e. The first-order valence-corrected chi connectivity index (χ1v) is 13.4. The molecule has 0 aromatic heterocycles. The van der Waals surface area contributed by atoms with Gasteiger partial charge in [0.05, 0.1) is 20.6 Å². The average Bonchev–Trinajstić information content (AvgIpc) is 2.81. The van der Waals surface area contributed by atoms with Gasteiger partial charge in [0.15, 0.2) is 0 Å². The number of carbonyl (C=O) groups is 1. The van der Waals surface area contributed by atoms with Crippen molar-refractivity contribution in [2.75, 3.05) is 23.1 Å². The molecular formula is C24H24Cl2N2O3S2. The van der Waals surface area contributed by atoms with Crippen molar-refractivity contribution in [3.63, 3.8) is 0 Å². The fraction of sp³-hybridized carbons (Fsp3) is 0.208. The van der Waals surface area contributed by atoms with Crippen LogP contribution in [0.2, 0.25) is 10.0 Å². The zero-order chi connectivity index (χ0) is 23.8. The van der Waals surface area contributed by atoms with E-state index in [0.29, 0.717) is 11.6 Å². The molecule has 1 amide bonds. The lowest BCUT2D eigenvalue weighted by Gasteiger charge is -2.24. The van der Waals surface area contributed by atoms with Crippen molar-refractivity contribution in [3.05, 3.63) is 88.4 Å². The summed E-state index contributed by atoms with van der Waals surface area (Å²) in [5.74, 6) is 0.434. The first-order chi connectivity index (χ1) is 15.8. The number of benzene rings is 3. The summed E-state index contributed by atoms with van der Waals surface area (Å²) in [5.41, 5.74) is 1.47. The Balaban J connectivity index is 1.65. The molecule has 0 unspecified atom stereocenters. The number of aryl methyl sites for hydroxylation is 1. The minimum Gasteiger partial charge on any atom is -0.354 e. The normalized spacial score (nSPS) is 11.2. The summed E-state index contributed by atoms with van der Waals surface area (Å²) in [5, 5.41) is 3.31. The molecule has 0 saturated carbocycles. The zero-order valence-electron chi connectivity index (χ0n) is 18.0. The van der Waals surface area contributed by atoms with Gasteiger partial charge in [0, 0.05) is 11.4 Å². The highest BCUT2D eigenvalue weighted by Crippen LogP contribution is 2.30. The second-order valence-electron chi connectivity index (χ2n) is 7.29. The van der Waals surface area contributed by atoms with E-state index in [1.807, 2.05) is 6.92 Å². The lowest BCUT2D eigenvalue weighted by atomic mass is 10.2. The van der Waals surface area contributed by atoms with E-state index in [0.717, 1.165) is 16.5 Å². The first kappa shape index (κ1) is 25.4. The molecule has 0 saturated heterocycles. The third-order valence-corrected chi connectivity index (χ3v) is 8.37. The van der Waals surface area contributed by atoms with Crippen LogP contribution in [0.25, 0.3) is 0 Å². The number of carbonyl (C=O) groups excluding carboxylic acids is 1. The van der Waals surface area contributed by atoms with Crippen LogP contribution in [0.3, 0.4) is 0 Å². The lowest BCUT2D eigenvalue weighted by Crippen LogP contribution is -2.41. The molecule has 0 heterocycles. The Morgan fingerprint density at radius 2 is 1.67 bits per heavy atom. The minimum absolute atomic E-state index is 0.0818. The molecule has 3 rings (SSSR count). The standard InChI is InChI=1S/C24H24Cl2N2O3S2/c1-18-8-11-20(12-9-18)32-15-5-14-27-24(29)17-28(19-10-13-22(25)23(26)16-19)33(30,31)21-6-3-2-4-7-21/h2-4,6-13,16H,5,14-15,17H2,1H3,(H,27,29). The van der Waals surface area contributed by atoms with E-state index in [9.17, 15) is 13.2 Å². The molecule has 0 aliphatic carbocycles. The first-order valence-electron chi connectivity index (χ1n) is 10.3. The quantitative estimate of drug-likeness (QED) is 0.270. The lowest BCUT2D eigenvalue weighted by molar-refractivity contribution is -0.119. The van der Waals surface area contributed by atoms with Crippen molar-refractivity contribution in [1.29, 1.82) is 0 Å². The molecule has 3 aromatic rings. The summed E-state index contributed by atoms with van der Waals surface area (Å²) in [6, 6.07) is 20.7. The summed E-state index contributed by atoms with van der Waals surface area (Å²) >= 11 is 13.8. The summed E-state index contributed by atoms with van der Waals surface area (Å²) in [7, 11) is -3.99. The van der Waals surface area contributed by atoms with Gasteiger partial charge in [-0.2, -0.15) is 0 Å². The topological polar surface area (TPSA) is 66.5 Å². The molecule has 1 N–H and O–H groups in total. The summed E-state index contributed by atoms with van der Waals surface area (Å²) in [4.78, 5) is 13.9. The van der Waals surface area contributed by atoms with E-state index in [1.165, 1.54) is 40.8 Å². The number of hydrogen-bond donors (Lipinski definition) is 1. The molecule has 0 fully saturated rings. The Kier molecular flexibility index (Phi) is 9.09. The van der Waals surface area contributed by atoms with Gasteiger partial charge in [0.2, 0.25) is 5.91 Å². The van der Waals surface area contributed by atoms with E-state index < -0.39 is 15.9 Å². The maximum atomic E-state index is 13.3. The van der Waals surface area contributed by atoms with Crippen LogP contribution in [0.15, 0.2) is 82.6 Å². The molecule has 0 aliphatic rings. The van der Waals surface area contributed by atoms with Crippen LogP contribution in [-0.2, 0) is 14.8 Å². The predicted octanol–water partition coefficient (Wildman–Crippen LogP) is 5.80. The van der Waals surface area contributed by atoms with Gasteiger partial charge in [0.1, 0.15) is 6.54 Å². The van der Waals surface area contributed by atoms with Gasteiger partial charge in [-0.15, -0.1) is 11.8 Å². The van der Waals surface area contributed by atoms with Crippen LogP contribution in [0, 0.1) is 6.92 Å². The zero-order valence-corrected chi connectivity index (χ0v) is 21.1. The SMILES string of the molecule is Cc1ccc(SCCCNC(=O)CN(c2ccc(Cl)c(Cl)c2)S(=O)(=O)c2ccccc2)cc1. The monoisotopic (exact) mass is 522 g/mol. The second-order valence-corrected chi connectivity index (χ2v) is 11.1.